The minimum absolute atomic E-state index is 0.307. The maximum Gasteiger partial charge on any atom is 0.434 e. The Labute approximate surface area is 163 Å². The molecule has 6 nitrogen and oxygen atoms in total. The molecule has 4 rings (SSSR count). The van der Waals surface area contributed by atoms with Crippen LogP contribution in [0.2, 0.25) is 0 Å². The summed E-state index contributed by atoms with van der Waals surface area (Å²) >= 11 is 0. The Balaban J connectivity index is 1.55. The number of carbonyl (C=O) groups excluding carboxylic acids is 1. The number of alkyl halides is 3. The fourth-order valence-corrected chi connectivity index (χ4v) is 3.84. The average Bonchev–Trinajstić information content (AvgIpc) is 3.31. The number of para-hydroxylation sites is 1. The summed E-state index contributed by atoms with van der Waals surface area (Å²) in [4.78, 5) is 12.6. The second kappa shape index (κ2) is 7.42. The molecular weight excluding hydrogens is 394 g/mol. The van der Waals surface area contributed by atoms with Crippen LogP contribution in [-0.4, -0.2) is 40.7 Å². The summed E-state index contributed by atoms with van der Waals surface area (Å²) in [5.74, 6) is -2.40. The summed E-state index contributed by atoms with van der Waals surface area (Å²) < 4.78 is 66.8. The molecule has 2 fully saturated rings. The van der Waals surface area contributed by atoms with E-state index in [1.165, 1.54) is 18.2 Å². The lowest BCUT2D eigenvalue weighted by molar-refractivity contribution is -0.179. The molecule has 1 saturated heterocycles. The summed E-state index contributed by atoms with van der Waals surface area (Å²) in [7, 11) is 0. The van der Waals surface area contributed by atoms with Gasteiger partial charge >= 0.3 is 6.18 Å². The van der Waals surface area contributed by atoms with Gasteiger partial charge in [0.1, 0.15) is 11.5 Å². The molecule has 0 atom stereocenters. The molecule has 0 unspecified atom stereocenters. The third-order valence-corrected chi connectivity index (χ3v) is 5.26. The molecule has 1 amide bonds. The Hall–Kier alpha value is -2.46. The number of amides is 1. The Kier molecular flexibility index (Phi) is 5.07. The van der Waals surface area contributed by atoms with Crippen LogP contribution in [0.5, 0.6) is 0 Å². The van der Waals surface area contributed by atoms with Crippen molar-refractivity contribution in [1.82, 2.24) is 15.1 Å². The van der Waals surface area contributed by atoms with Crippen molar-refractivity contribution in [2.75, 3.05) is 13.2 Å². The van der Waals surface area contributed by atoms with E-state index < -0.39 is 34.9 Å². The molecule has 156 valence electrons. The first-order chi connectivity index (χ1) is 13.8. The molecule has 1 aliphatic heterocycles. The molecule has 1 spiro atoms. The molecule has 1 saturated carbocycles. The van der Waals surface area contributed by atoms with E-state index in [1.54, 1.807) is 0 Å². The normalized spacial score (nSPS) is 19.6. The van der Waals surface area contributed by atoms with Crippen molar-refractivity contribution in [2.24, 2.45) is 0 Å². The smallest absolute Gasteiger partial charge is 0.349 e. The molecule has 0 radical (unpaired) electrons. The standard InChI is InChI=1S/C19H19F4N3O3/c20-14-3-1-2-4-15(14)26-16(19(21,22)23)13(11-24-26)17(27)25-12-5-7-18(8-6-12)28-9-10-29-18/h1-4,11-12H,5-10H2,(H,25,27). The Bertz CT molecular complexity index is 896. The van der Waals surface area contributed by atoms with Crippen LogP contribution >= 0.6 is 0 Å². The number of nitrogens with zero attached hydrogens (tertiary/aromatic N) is 2. The SMILES string of the molecule is O=C(NC1CCC2(CC1)OCCO2)c1cnn(-c2ccccc2F)c1C(F)(F)F. The van der Waals surface area contributed by atoms with Crippen LogP contribution in [0, 0.1) is 5.82 Å². The molecular formula is C19H19F4N3O3. The van der Waals surface area contributed by atoms with Crippen molar-refractivity contribution in [3.63, 3.8) is 0 Å². The number of rotatable bonds is 3. The van der Waals surface area contributed by atoms with Gasteiger partial charge in [-0.3, -0.25) is 4.79 Å². The zero-order chi connectivity index (χ0) is 20.6. The van der Waals surface area contributed by atoms with Gasteiger partial charge < -0.3 is 14.8 Å². The predicted octanol–water partition coefficient (Wildman–Crippen LogP) is 3.45. The van der Waals surface area contributed by atoms with E-state index in [9.17, 15) is 22.4 Å². The molecule has 2 aromatic rings. The Morgan fingerprint density at radius 1 is 1.17 bits per heavy atom. The van der Waals surface area contributed by atoms with Crippen LogP contribution < -0.4 is 5.32 Å². The van der Waals surface area contributed by atoms with Gasteiger partial charge in [-0.05, 0) is 25.0 Å². The summed E-state index contributed by atoms with van der Waals surface area (Å²) in [6.07, 6.45) is -1.92. The van der Waals surface area contributed by atoms with Crippen molar-refractivity contribution in [3.05, 3.63) is 47.5 Å². The lowest BCUT2D eigenvalue weighted by atomic mass is 9.90. The zero-order valence-corrected chi connectivity index (χ0v) is 15.3. The van der Waals surface area contributed by atoms with Gasteiger partial charge in [-0.25, -0.2) is 9.07 Å². The van der Waals surface area contributed by atoms with E-state index in [-0.39, 0.29) is 11.7 Å². The third kappa shape index (κ3) is 3.86. The maximum absolute atomic E-state index is 14.0. The number of halogens is 4. The predicted molar refractivity (Wildman–Crippen MR) is 92.9 cm³/mol. The molecule has 2 heterocycles. The van der Waals surface area contributed by atoms with Crippen LogP contribution in [0.4, 0.5) is 17.6 Å². The fraction of sp³-hybridized carbons (Fsp3) is 0.474. The first-order valence-electron chi connectivity index (χ1n) is 9.28. The molecule has 1 aliphatic carbocycles. The number of carbonyl (C=O) groups is 1. The van der Waals surface area contributed by atoms with E-state index in [0.29, 0.717) is 43.6 Å². The van der Waals surface area contributed by atoms with Gasteiger partial charge in [0.25, 0.3) is 5.91 Å². The molecule has 29 heavy (non-hydrogen) atoms. The van der Waals surface area contributed by atoms with Crippen LogP contribution in [0.15, 0.2) is 30.5 Å². The van der Waals surface area contributed by atoms with Crippen molar-refractivity contribution < 1.29 is 31.8 Å². The second-order valence-corrected chi connectivity index (χ2v) is 7.12. The van der Waals surface area contributed by atoms with Crippen molar-refractivity contribution in [1.29, 1.82) is 0 Å². The highest BCUT2D eigenvalue weighted by molar-refractivity contribution is 5.95. The summed E-state index contributed by atoms with van der Waals surface area (Å²) in [5.41, 5.74) is -2.33. The van der Waals surface area contributed by atoms with Gasteiger partial charge in [-0.1, -0.05) is 12.1 Å². The molecule has 0 bridgehead atoms. The summed E-state index contributed by atoms with van der Waals surface area (Å²) in [5, 5.41) is 6.28. The van der Waals surface area contributed by atoms with E-state index >= 15 is 0 Å². The number of hydrogen-bond donors (Lipinski definition) is 1. The summed E-state index contributed by atoms with van der Waals surface area (Å²) in [6, 6.07) is 4.64. The largest absolute Gasteiger partial charge is 0.434 e. The quantitative estimate of drug-likeness (QED) is 0.783. The number of benzene rings is 1. The van der Waals surface area contributed by atoms with Crippen molar-refractivity contribution in [2.45, 2.75) is 43.7 Å². The van der Waals surface area contributed by atoms with E-state index in [1.807, 2.05) is 0 Å². The van der Waals surface area contributed by atoms with Crippen LogP contribution in [0.3, 0.4) is 0 Å². The first kappa shape index (κ1) is 19.8. The lowest BCUT2D eigenvalue weighted by Gasteiger charge is -2.35. The van der Waals surface area contributed by atoms with E-state index in [4.69, 9.17) is 9.47 Å². The number of nitrogens with one attached hydrogen (secondary N) is 1. The summed E-state index contributed by atoms with van der Waals surface area (Å²) in [6.45, 7) is 1.03. The minimum Gasteiger partial charge on any atom is -0.349 e. The Morgan fingerprint density at radius 3 is 2.45 bits per heavy atom. The van der Waals surface area contributed by atoms with Gasteiger partial charge in [-0.15, -0.1) is 0 Å². The molecule has 1 aromatic heterocycles. The number of aromatic nitrogens is 2. The molecule has 10 heteroatoms. The minimum atomic E-state index is -4.90. The second-order valence-electron chi connectivity index (χ2n) is 7.12. The van der Waals surface area contributed by atoms with Gasteiger partial charge in [0.05, 0.1) is 25.0 Å². The van der Waals surface area contributed by atoms with Gasteiger partial charge in [0, 0.05) is 18.9 Å². The molecule has 2 aliphatic rings. The van der Waals surface area contributed by atoms with Gasteiger partial charge in [0.2, 0.25) is 0 Å². The zero-order valence-electron chi connectivity index (χ0n) is 15.3. The van der Waals surface area contributed by atoms with E-state index in [0.717, 1.165) is 12.3 Å². The average molecular weight is 413 g/mol. The lowest BCUT2D eigenvalue weighted by Crippen LogP contribution is -2.44. The van der Waals surface area contributed by atoms with E-state index in [2.05, 4.69) is 10.4 Å². The Morgan fingerprint density at radius 2 is 1.83 bits per heavy atom. The van der Waals surface area contributed by atoms with Gasteiger partial charge in [0.15, 0.2) is 11.5 Å². The number of hydrogen-bond acceptors (Lipinski definition) is 4. The molecule has 1 N–H and O–H groups in total. The molecule has 1 aromatic carbocycles. The van der Waals surface area contributed by atoms with Crippen LogP contribution in [0.25, 0.3) is 5.69 Å². The van der Waals surface area contributed by atoms with Crippen LogP contribution in [0.1, 0.15) is 41.7 Å². The topological polar surface area (TPSA) is 65.4 Å². The third-order valence-electron chi connectivity index (χ3n) is 5.26. The highest BCUT2D eigenvalue weighted by Gasteiger charge is 2.43. The highest BCUT2D eigenvalue weighted by Crippen LogP contribution is 2.37. The van der Waals surface area contributed by atoms with Gasteiger partial charge in [-0.2, -0.15) is 18.3 Å². The first-order valence-corrected chi connectivity index (χ1v) is 9.28. The van der Waals surface area contributed by atoms with Crippen LogP contribution in [-0.2, 0) is 15.7 Å². The maximum atomic E-state index is 14.0. The van der Waals surface area contributed by atoms with Crippen molar-refractivity contribution in [3.8, 4) is 5.69 Å². The number of ether oxygens (including phenoxy) is 2. The monoisotopic (exact) mass is 413 g/mol. The van der Waals surface area contributed by atoms with Crippen molar-refractivity contribution >= 4 is 5.91 Å². The fourth-order valence-electron chi connectivity index (χ4n) is 3.84. The highest BCUT2D eigenvalue weighted by atomic mass is 19.4.